The fourth-order valence-corrected chi connectivity index (χ4v) is 5.51. The van der Waals surface area contributed by atoms with E-state index in [1.165, 1.54) is 31.0 Å². The van der Waals surface area contributed by atoms with Crippen molar-refractivity contribution in [2.24, 2.45) is 4.99 Å². The van der Waals surface area contributed by atoms with Gasteiger partial charge >= 0.3 is 0 Å². The quantitative estimate of drug-likeness (QED) is 0.0881. The third-order valence-electron chi connectivity index (χ3n) is 7.24. The Balaban J connectivity index is 0.000000891. The number of carbonyl (C=O) groups is 1. The number of nitrogens with one attached hydrogen (secondary N) is 2. The number of hydrogen-bond donors (Lipinski definition) is 3. The Labute approximate surface area is 281 Å². The number of hydrogen-bond acceptors (Lipinski definition) is 7. The Bertz CT molecular complexity index is 1650. The van der Waals surface area contributed by atoms with Gasteiger partial charge in [0.2, 0.25) is 11.7 Å². The van der Waals surface area contributed by atoms with Gasteiger partial charge in [-0.25, -0.2) is 4.68 Å². The number of fused-ring (bicyclic) bond motifs is 1. The number of aliphatic imine (C=N–C) groups is 1. The van der Waals surface area contributed by atoms with Crippen LogP contribution in [0.2, 0.25) is 5.02 Å². The summed E-state index contributed by atoms with van der Waals surface area (Å²) in [4.78, 5) is 21.3. The van der Waals surface area contributed by atoms with Crippen molar-refractivity contribution in [1.82, 2.24) is 14.8 Å². The molecule has 0 fully saturated rings. The summed E-state index contributed by atoms with van der Waals surface area (Å²) < 4.78 is 23.3. The number of rotatable bonds is 10. The van der Waals surface area contributed by atoms with E-state index >= 15 is 0 Å². The summed E-state index contributed by atoms with van der Waals surface area (Å²) >= 11 is 7.70. The minimum atomic E-state index is -0.335. The van der Waals surface area contributed by atoms with E-state index in [1.54, 1.807) is 16.8 Å². The maximum absolute atomic E-state index is 13.5. The first-order chi connectivity index (χ1) is 22.3. The van der Waals surface area contributed by atoms with E-state index in [-0.39, 0.29) is 18.5 Å². The molecule has 1 aliphatic heterocycles. The topological polar surface area (TPSA) is 110 Å². The first kappa shape index (κ1) is 36.7. The molecule has 4 aromatic rings. The van der Waals surface area contributed by atoms with Crippen LogP contribution < -0.4 is 15.2 Å². The van der Waals surface area contributed by atoms with Gasteiger partial charge in [-0.15, -0.1) is 0 Å². The number of ether oxygens (including phenoxy) is 1. The normalized spacial score (nSPS) is 14.2. The van der Waals surface area contributed by atoms with E-state index < -0.39 is 0 Å². The van der Waals surface area contributed by atoms with E-state index in [0.717, 1.165) is 27.7 Å². The molecule has 0 bridgehead atoms. The van der Waals surface area contributed by atoms with Crippen molar-refractivity contribution in [3.8, 4) is 5.75 Å². The maximum atomic E-state index is 13.5. The molecule has 3 heterocycles. The van der Waals surface area contributed by atoms with E-state index in [4.69, 9.17) is 22.1 Å². The number of aromatic amines is 1. The van der Waals surface area contributed by atoms with Crippen molar-refractivity contribution < 1.29 is 13.9 Å². The number of aryl methyl sites for hydroxylation is 1. The highest BCUT2D eigenvalue weighted by Gasteiger charge is 2.25. The second-order valence-corrected chi connectivity index (χ2v) is 11.9. The molecule has 2 aromatic heterocycles. The van der Waals surface area contributed by atoms with Gasteiger partial charge in [0.05, 0.1) is 35.2 Å². The number of anilines is 2. The molecule has 0 amide bonds. The number of unbranched alkanes of at least 4 members (excludes halogenated alkanes) is 1. The van der Waals surface area contributed by atoms with E-state index in [2.05, 4.69) is 33.6 Å². The van der Waals surface area contributed by atoms with Crippen molar-refractivity contribution in [2.45, 2.75) is 73.3 Å². The number of halogens is 2. The van der Waals surface area contributed by atoms with Gasteiger partial charge in [0.25, 0.3) is 0 Å². The molecule has 0 saturated carbocycles. The van der Waals surface area contributed by atoms with Crippen LogP contribution in [0, 0.1) is 6.92 Å². The lowest BCUT2D eigenvalue weighted by atomic mass is 10.1. The lowest BCUT2D eigenvalue weighted by molar-refractivity contribution is 0.103. The molecule has 0 aliphatic carbocycles. The van der Waals surface area contributed by atoms with Crippen molar-refractivity contribution in [3.05, 3.63) is 82.2 Å². The Morgan fingerprint density at radius 1 is 1.20 bits per heavy atom. The molecule has 0 spiro atoms. The van der Waals surface area contributed by atoms with Gasteiger partial charge in [0, 0.05) is 35.0 Å². The monoisotopic (exact) mass is 668 g/mol. The molecule has 1 unspecified atom stereocenters. The molecule has 0 saturated heterocycles. The second-order valence-electron chi connectivity index (χ2n) is 10.6. The Kier molecular flexibility index (Phi) is 14.7. The largest absolute Gasteiger partial charge is 0.438 e. The second kappa shape index (κ2) is 18.4. The van der Waals surface area contributed by atoms with E-state index in [1.807, 2.05) is 64.1 Å². The number of allylic oxidation sites excluding steroid dienone is 1. The van der Waals surface area contributed by atoms with Gasteiger partial charge in [-0.1, -0.05) is 76.2 Å². The SMILES string of the molecule is CC.CC1=CC(Oc2ccccc2Cl)=NCCC1n1ncc(C(=O)c2cc3cc(C)c(NSCCCF)cc3[nH]2)c1N.CCCC. The van der Waals surface area contributed by atoms with E-state index in [0.29, 0.717) is 58.9 Å². The zero-order valence-corrected chi connectivity index (χ0v) is 29.2. The van der Waals surface area contributed by atoms with Gasteiger partial charge in [-0.05, 0) is 68.2 Å². The lowest BCUT2D eigenvalue weighted by Crippen LogP contribution is -2.16. The van der Waals surface area contributed by atoms with Crippen molar-refractivity contribution >= 4 is 57.6 Å². The van der Waals surface area contributed by atoms with Crippen molar-refractivity contribution in [3.63, 3.8) is 0 Å². The smallest absolute Gasteiger partial charge is 0.214 e. The number of nitrogen functional groups attached to an aromatic ring is 1. The standard InChI is InChI=1S/C29H30ClFN6O2S.C4H10.C2H6/c1-17-12-19-14-24(35-23(19)15-22(17)36-40-11-5-9-31)28(38)20-16-34-37(29(20)32)25-8-10-33-27(13-18(25)2)39-26-7-4-3-6-21(26)30;1-3-4-2;1-2/h3-4,6-7,12-16,25,35-36H,5,8-11,32H2,1-2H3;3-4H2,1-2H3;1-2H3. The predicted molar refractivity (Wildman–Crippen MR) is 194 cm³/mol. The minimum absolute atomic E-state index is 0.188. The van der Waals surface area contributed by atoms with Crippen molar-refractivity contribution in [1.29, 1.82) is 0 Å². The molecule has 8 nitrogen and oxygen atoms in total. The molecule has 1 aliphatic rings. The summed E-state index contributed by atoms with van der Waals surface area (Å²) in [5.74, 6) is 1.71. The summed E-state index contributed by atoms with van der Waals surface area (Å²) in [5.41, 5.74) is 11.0. The number of H-pyrrole nitrogens is 1. The first-order valence-electron chi connectivity index (χ1n) is 15.9. The summed E-state index contributed by atoms with van der Waals surface area (Å²) in [6, 6.07) is 12.8. The van der Waals surface area contributed by atoms with Crippen LogP contribution in [0.1, 0.15) is 88.0 Å². The van der Waals surface area contributed by atoms with Gasteiger partial charge in [0.15, 0.2) is 0 Å². The molecule has 0 radical (unpaired) electrons. The van der Waals surface area contributed by atoms with Crippen LogP contribution in [0.3, 0.4) is 0 Å². The Morgan fingerprint density at radius 2 is 1.93 bits per heavy atom. The molecular weight excluding hydrogens is 623 g/mol. The molecule has 2 aromatic carbocycles. The van der Waals surface area contributed by atoms with Crippen LogP contribution in [-0.2, 0) is 0 Å². The number of benzene rings is 2. The third-order valence-corrected chi connectivity index (χ3v) is 8.41. The minimum Gasteiger partial charge on any atom is -0.438 e. The van der Waals surface area contributed by atoms with Crippen LogP contribution in [-0.4, -0.2) is 45.4 Å². The maximum Gasteiger partial charge on any atom is 0.214 e. The number of alkyl halides is 1. The van der Waals surface area contributed by atoms with Crippen LogP contribution in [0.25, 0.3) is 10.9 Å². The number of aromatic nitrogens is 3. The van der Waals surface area contributed by atoms with Crippen LogP contribution in [0.15, 0.2) is 65.3 Å². The van der Waals surface area contributed by atoms with Gasteiger partial charge in [0.1, 0.15) is 11.6 Å². The average Bonchev–Trinajstić information content (AvgIpc) is 3.60. The third kappa shape index (κ3) is 9.39. The molecule has 46 heavy (non-hydrogen) atoms. The van der Waals surface area contributed by atoms with Gasteiger partial charge in [-0.2, -0.15) is 5.10 Å². The van der Waals surface area contributed by atoms with Gasteiger partial charge in [-0.3, -0.25) is 14.2 Å². The van der Waals surface area contributed by atoms with E-state index in [9.17, 15) is 9.18 Å². The zero-order chi connectivity index (χ0) is 33.6. The summed E-state index contributed by atoms with van der Waals surface area (Å²) in [6.45, 7) is 12.5. The predicted octanol–water partition coefficient (Wildman–Crippen LogP) is 9.76. The molecule has 5 rings (SSSR count). The summed E-state index contributed by atoms with van der Waals surface area (Å²) in [5, 5.41) is 5.91. The highest BCUT2D eigenvalue weighted by atomic mass is 35.5. The highest BCUT2D eigenvalue weighted by molar-refractivity contribution is 8.00. The molecule has 1 atom stereocenters. The number of carbonyl (C=O) groups excluding carboxylic acids is 1. The van der Waals surface area contributed by atoms with Crippen LogP contribution in [0.5, 0.6) is 5.75 Å². The summed E-state index contributed by atoms with van der Waals surface area (Å²) in [6.07, 6.45) is 7.14. The molecular formula is C35H46ClFN6O2S. The van der Waals surface area contributed by atoms with Crippen molar-refractivity contribution in [2.75, 3.05) is 29.4 Å². The number of nitrogens with two attached hydrogens (primary N) is 1. The zero-order valence-electron chi connectivity index (χ0n) is 27.6. The fraction of sp³-hybridized carbons (Fsp3) is 0.400. The first-order valence-corrected chi connectivity index (χ1v) is 17.2. The molecule has 4 N–H and O–H groups in total. The van der Waals surface area contributed by atoms with Gasteiger partial charge < -0.3 is 20.2 Å². The molecule has 248 valence electrons. The van der Waals surface area contributed by atoms with Crippen LogP contribution in [0.4, 0.5) is 15.9 Å². The fourth-order valence-electron chi connectivity index (χ4n) is 4.60. The summed E-state index contributed by atoms with van der Waals surface area (Å²) in [7, 11) is 0. The number of nitrogens with zero attached hydrogens (tertiary/aromatic N) is 3. The highest BCUT2D eigenvalue weighted by Crippen LogP contribution is 2.31. The Hall–Kier alpha value is -3.76. The Morgan fingerprint density at radius 3 is 2.63 bits per heavy atom. The number of ketones is 1. The lowest BCUT2D eigenvalue weighted by Gasteiger charge is -2.18. The average molecular weight is 669 g/mol. The number of para-hydroxylation sites is 1. The molecule has 11 heteroatoms. The van der Waals surface area contributed by atoms with Crippen LogP contribution >= 0.6 is 23.5 Å².